The third kappa shape index (κ3) is 3.25. The van der Waals surface area contributed by atoms with Gasteiger partial charge in [0.1, 0.15) is 5.75 Å². The zero-order valence-corrected chi connectivity index (χ0v) is 10.2. The van der Waals surface area contributed by atoms with Crippen molar-refractivity contribution < 1.29 is 9.53 Å². The molecule has 0 saturated heterocycles. The van der Waals surface area contributed by atoms with Crippen molar-refractivity contribution in [1.82, 2.24) is 5.32 Å². The molecule has 1 aliphatic rings. The largest absolute Gasteiger partial charge is 0.482 e. The smallest absolute Gasteiger partial charge is 0.262 e. The van der Waals surface area contributed by atoms with Crippen LogP contribution in [0.5, 0.6) is 5.75 Å². The first kappa shape index (κ1) is 12.5. The van der Waals surface area contributed by atoms with E-state index in [2.05, 4.69) is 16.6 Å². The van der Waals surface area contributed by atoms with Gasteiger partial charge in [-0.15, -0.1) is 12.3 Å². The Morgan fingerprint density at radius 3 is 3.22 bits per heavy atom. The maximum absolute atomic E-state index is 11.2. The normalized spacial score (nSPS) is 13.2. The number of nitrogens with one attached hydrogen (secondary N) is 2. The minimum Gasteiger partial charge on any atom is -0.482 e. The highest BCUT2D eigenvalue weighted by Crippen LogP contribution is 2.28. The molecular weight excluding hydrogens is 228 g/mol. The standard InChI is InChI=1S/C14H16N2O2/c1-2-3-4-7-15-9-11-5-6-13-12(8-11)16-14(17)10-18-13/h1,5-6,8,15H,3-4,7,9-10H2,(H,16,17). The maximum atomic E-state index is 11.2. The van der Waals surface area contributed by atoms with E-state index in [-0.39, 0.29) is 12.5 Å². The van der Waals surface area contributed by atoms with E-state index in [1.165, 1.54) is 0 Å². The van der Waals surface area contributed by atoms with Crippen molar-refractivity contribution in [3.05, 3.63) is 23.8 Å². The summed E-state index contributed by atoms with van der Waals surface area (Å²) in [5.74, 6) is 3.23. The van der Waals surface area contributed by atoms with E-state index < -0.39 is 0 Å². The highest BCUT2D eigenvalue weighted by Gasteiger charge is 2.15. The predicted octanol–water partition coefficient (Wildman–Crippen LogP) is 1.52. The summed E-state index contributed by atoms with van der Waals surface area (Å²) in [5, 5.41) is 6.10. The summed E-state index contributed by atoms with van der Waals surface area (Å²) in [6.07, 6.45) is 6.95. The third-order valence-electron chi connectivity index (χ3n) is 2.68. The molecule has 1 amide bonds. The van der Waals surface area contributed by atoms with Gasteiger partial charge < -0.3 is 15.4 Å². The summed E-state index contributed by atoms with van der Waals surface area (Å²) in [5.41, 5.74) is 1.86. The maximum Gasteiger partial charge on any atom is 0.262 e. The molecule has 0 fully saturated rings. The molecule has 18 heavy (non-hydrogen) atoms. The number of anilines is 1. The van der Waals surface area contributed by atoms with Crippen molar-refractivity contribution in [3.63, 3.8) is 0 Å². The predicted molar refractivity (Wildman–Crippen MR) is 70.3 cm³/mol. The lowest BCUT2D eigenvalue weighted by Gasteiger charge is -2.18. The van der Waals surface area contributed by atoms with Crippen LogP contribution >= 0.6 is 0 Å². The first-order valence-corrected chi connectivity index (χ1v) is 5.99. The summed E-state index contributed by atoms with van der Waals surface area (Å²) in [7, 11) is 0. The van der Waals surface area contributed by atoms with E-state index in [4.69, 9.17) is 11.2 Å². The SMILES string of the molecule is C#CCCCNCc1ccc2c(c1)NC(=O)CO2. The van der Waals surface area contributed by atoms with Gasteiger partial charge in [0.25, 0.3) is 5.91 Å². The number of amides is 1. The van der Waals surface area contributed by atoms with Crippen LogP contribution in [0.2, 0.25) is 0 Å². The van der Waals surface area contributed by atoms with Gasteiger partial charge in [-0.25, -0.2) is 0 Å². The summed E-state index contributed by atoms with van der Waals surface area (Å²) in [6, 6.07) is 5.80. The summed E-state index contributed by atoms with van der Waals surface area (Å²) in [6.45, 7) is 1.74. The number of carbonyl (C=O) groups is 1. The van der Waals surface area contributed by atoms with E-state index in [9.17, 15) is 4.79 Å². The molecule has 0 bridgehead atoms. The molecule has 1 aromatic rings. The molecule has 0 aliphatic carbocycles. The number of ether oxygens (including phenoxy) is 1. The van der Waals surface area contributed by atoms with Crippen LogP contribution in [-0.4, -0.2) is 19.1 Å². The quantitative estimate of drug-likeness (QED) is 0.610. The van der Waals surface area contributed by atoms with E-state index in [1.54, 1.807) is 0 Å². The average Bonchev–Trinajstić information content (AvgIpc) is 2.38. The fourth-order valence-corrected chi connectivity index (χ4v) is 1.79. The first-order chi connectivity index (χ1) is 8.79. The Labute approximate surface area is 107 Å². The molecule has 0 radical (unpaired) electrons. The number of fused-ring (bicyclic) bond motifs is 1. The number of benzene rings is 1. The Morgan fingerprint density at radius 2 is 2.39 bits per heavy atom. The van der Waals surface area contributed by atoms with Crippen LogP contribution in [0.1, 0.15) is 18.4 Å². The molecule has 1 aliphatic heterocycles. The number of hydrogen-bond donors (Lipinski definition) is 2. The molecule has 4 nitrogen and oxygen atoms in total. The van der Waals surface area contributed by atoms with Crippen molar-refractivity contribution in [2.75, 3.05) is 18.5 Å². The lowest BCUT2D eigenvalue weighted by atomic mass is 10.1. The Hall–Kier alpha value is -1.99. The molecule has 1 aromatic carbocycles. The molecule has 94 valence electrons. The van der Waals surface area contributed by atoms with Crippen molar-refractivity contribution in [1.29, 1.82) is 0 Å². The van der Waals surface area contributed by atoms with Crippen LogP contribution in [0.25, 0.3) is 0 Å². The van der Waals surface area contributed by atoms with Gasteiger partial charge in [0.05, 0.1) is 5.69 Å². The summed E-state index contributed by atoms with van der Waals surface area (Å²) < 4.78 is 5.29. The highest BCUT2D eigenvalue weighted by atomic mass is 16.5. The molecule has 1 heterocycles. The van der Waals surface area contributed by atoms with E-state index in [0.717, 1.165) is 42.9 Å². The van der Waals surface area contributed by atoms with Crippen LogP contribution < -0.4 is 15.4 Å². The highest BCUT2D eigenvalue weighted by molar-refractivity contribution is 5.95. The molecule has 0 aromatic heterocycles. The van der Waals surface area contributed by atoms with Crippen molar-refractivity contribution in [2.24, 2.45) is 0 Å². The van der Waals surface area contributed by atoms with Gasteiger partial charge in [-0.2, -0.15) is 0 Å². The van der Waals surface area contributed by atoms with E-state index in [1.807, 2.05) is 18.2 Å². The minimum absolute atomic E-state index is 0.0939. The van der Waals surface area contributed by atoms with Crippen molar-refractivity contribution >= 4 is 11.6 Å². The number of carbonyl (C=O) groups excluding carboxylic acids is 1. The van der Waals surface area contributed by atoms with Gasteiger partial charge in [0.2, 0.25) is 0 Å². The van der Waals surface area contributed by atoms with Crippen LogP contribution in [0.3, 0.4) is 0 Å². The lowest BCUT2D eigenvalue weighted by molar-refractivity contribution is -0.118. The molecule has 2 N–H and O–H groups in total. The second-order valence-corrected chi connectivity index (χ2v) is 4.15. The first-order valence-electron chi connectivity index (χ1n) is 5.99. The summed E-state index contributed by atoms with van der Waals surface area (Å²) in [4.78, 5) is 11.2. The number of hydrogen-bond acceptors (Lipinski definition) is 3. The average molecular weight is 244 g/mol. The Balaban J connectivity index is 1.88. The zero-order valence-electron chi connectivity index (χ0n) is 10.2. The van der Waals surface area contributed by atoms with Gasteiger partial charge in [-0.1, -0.05) is 6.07 Å². The molecule has 0 saturated carbocycles. The number of rotatable bonds is 5. The number of terminal acetylenes is 1. The fraction of sp³-hybridized carbons (Fsp3) is 0.357. The molecule has 2 rings (SSSR count). The monoisotopic (exact) mass is 244 g/mol. The minimum atomic E-state index is -0.110. The fourth-order valence-electron chi connectivity index (χ4n) is 1.79. The van der Waals surface area contributed by atoms with Crippen LogP contribution in [0, 0.1) is 12.3 Å². The molecule has 0 atom stereocenters. The second-order valence-electron chi connectivity index (χ2n) is 4.15. The molecule has 4 heteroatoms. The van der Waals surface area contributed by atoms with Gasteiger partial charge >= 0.3 is 0 Å². The number of unbranched alkanes of at least 4 members (excludes halogenated alkanes) is 1. The lowest BCUT2D eigenvalue weighted by Crippen LogP contribution is -2.25. The van der Waals surface area contributed by atoms with E-state index >= 15 is 0 Å². The third-order valence-corrected chi connectivity index (χ3v) is 2.68. The molecule has 0 spiro atoms. The molecule has 0 unspecified atom stereocenters. The van der Waals surface area contributed by atoms with Crippen molar-refractivity contribution in [2.45, 2.75) is 19.4 Å². The Bertz CT molecular complexity index is 477. The molecular formula is C14H16N2O2. The van der Waals surface area contributed by atoms with Gasteiger partial charge in [0.15, 0.2) is 6.61 Å². The zero-order chi connectivity index (χ0) is 12.8. The Kier molecular flexibility index (Phi) is 4.21. The second kappa shape index (κ2) is 6.08. The Morgan fingerprint density at radius 1 is 1.50 bits per heavy atom. The van der Waals surface area contributed by atoms with E-state index in [0.29, 0.717) is 0 Å². The van der Waals surface area contributed by atoms with Crippen molar-refractivity contribution in [3.8, 4) is 18.1 Å². The van der Waals surface area contributed by atoms with Gasteiger partial charge in [-0.3, -0.25) is 4.79 Å². The topological polar surface area (TPSA) is 50.4 Å². The van der Waals surface area contributed by atoms with Crippen LogP contribution in [0.15, 0.2) is 18.2 Å². The van der Waals surface area contributed by atoms with Gasteiger partial charge in [-0.05, 0) is 30.7 Å². The van der Waals surface area contributed by atoms with Crippen LogP contribution in [0.4, 0.5) is 5.69 Å². The summed E-state index contributed by atoms with van der Waals surface area (Å²) >= 11 is 0. The van der Waals surface area contributed by atoms with Crippen LogP contribution in [-0.2, 0) is 11.3 Å². The van der Waals surface area contributed by atoms with Gasteiger partial charge in [0, 0.05) is 13.0 Å².